The Kier molecular flexibility index (Phi) is 4.24. The summed E-state index contributed by atoms with van der Waals surface area (Å²) < 4.78 is 0. The number of nitrogens with one attached hydrogen (secondary N) is 2. The fourth-order valence-corrected chi connectivity index (χ4v) is 2.05. The lowest BCUT2D eigenvalue weighted by Gasteiger charge is -2.15. The number of hydrogen-bond acceptors (Lipinski definition) is 5. The maximum Gasteiger partial charge on any atom is 0.261 e. The zero-order chi connectivity index (χ0) is 13.7. The van der Waals surface area contributed by atoms with Crippen molar-refractivity contribution < 1.29 is 9.59 Å². The van der Waals surface area contributed by atoms with Crippen LogP contribution in [0.4, 0.5) is 0 Å². The van der Waals surface area contributed by atoms with Gasteiger partial charge in [-0.2, -0.15) is 5.10 Å². The van der Waals surface area contributed by atoms with Crippen molar-refractivity contribution in [1.82, 2.24) is 25.4 Å². The van der Waals surface area contributed by atoms with Gasteiger partial charge in [-0.3, -0.25) is 14.7 Å². The predicted octanol–water partition coefficient (Wildman–Crippen LogP) is 0.255. The number of likely N-dealkylation sites (N-methyl/N-ethyl adjacent to an activating group) is 1. The van der Waals surface area contributed by atoms with E-state index in [1.165, 1.54) is 22.6 Å². The molecule has 0 atom stereocenters. The van der Waals surface area contributed by atoms with E-state index in [0.717, 1.165) is 0 Å². The second kappa shape index (κ2) is 6.10. The minimum Gasteiger partial charge on any atom is -0.342 e. The molecule has 0 spiro atoms. The summed E-state index contributed by atoms with van der Waals surface area (Å²) in [7, 11) is 1.64. The molecule has 8 heteroatoms. The quantitative estimate of drug-likeness (QED) is 0.821. The normalized spacial score (nSPS) is 10.2. The van der Waals surface area contributed by atoms with Crippen LogP contribution >= 0.6 is 11.3 Å². The Morgan fingerprint density at radius 1 is 1.53 bits per heavy atom. The fourth-order valence-electron chi connectivity index (χ4n) is 1.41. The molecule has 0 radical (unpaired) electrons. The van der Waals surface area contributed by atoms with Crippen LogP contribution in [0.2, 0.25) is 0 Å². The molecular weight excluding hydrogens is 266 g/mol. The van der Waals surface area contributed by atoms with Gasteiger partial charge in [-0.15, -0.1) is 11.3 Å². The summed E-state index contributed by atoms with van der Waals surface area (Å²) in [5.41, 5.74) is 0. The van der Waals surface area contributed by atoms with Crippen molar-refractivity contribution in [2.75, 3.05) is 13.6 Å². The van der Waals surface area contributed by atoms with E-state index in [2.05, 4.69) is 20.5 Å². The lowest BCUT2D eigenvalue weighted by Crippen LogP contribution is -2.37. The summed E-state index contributed by atoms with van der Waals surface area (Å²) in [5.74, 6) is 0.165. The van der Waals surface area contributed by atoms with Gasteiger partial charge in [0.1, 0.15) is 12.2 Å². The number of carbonyl (C=O) groups excluding carboxylic acids is 2. The average molecular weight is 279 g/mol. The van der Waals surface area contributed by atoms with Gasteiger partial charge in [-0.1, -0.05) is 6.07 Å². The van der Waals surface area contributed by atoms with Crippen LogP contribution in [0.5, 0.6) is 0 Å². The summed E-state index contributed by atoms with van der Waals surface area (Å²) in [6.07, 6.45) is 1.38. The number of hydrogen-bond donors (Lipinski definition) is 2. The Hall–Kier alpha value is -2.22. The first kappa shape index (κ1) is 13.2. The van der Waals surface area contributed by atoms with Gasteiger partial charge in [-0.05, 0) is 11.4 Å². The maximum atomic E-state index is 11.8. The largest absolute Gasteiger partial charge is 0.342 e. The molecule has 0 unspecified atom stereocenters. The molecule has 0 bridgehead atoms. The number of carbonyl (C=O) groups is 2. The Morgan fingerprint density at radius 3 is 3.00 bits per heavy atom. The van der Waals surface area contributed by atoms with E-state index in [9.17, 15) is 9.59 Å². The van der Waals surface area contributed by atoms with Gasteiger partial charge in [0.25, 0.3) is 5.91 Å². The van der Waals surface area contributed by atoms with Crippen LogP contribution < -0.4 is 5.32 Å². The molecule has 2 aromatic rings. The number of thiophene rings is 1. The number of aromatic amines is 1. The van der Waals surface area contributed by atoms with Crippen LogP contribution in [0.3, 0.4) is 0 Å². The zero-order valence-electron chi connectivity index (χ0n) is 10.3. The molecule has 19 heavy (non-hydrogen) atoms. The first-order valence-electron chi connectivity index (χ1n) is 5.56. The zero-order valence-corrected chi connectivity index (χ0v) is 11.1. The molecule has 100 valence electrons. The minimum atomic E-state index is -0.239. The van der Waals surface area contributed by atoms with E-state index in [-0.39, 0.29) is 18.4 Å². The second-order valence-electron chi connectivity index (χ2n) is 3.84. The number of aromatic nitrogens is 3. The molecule has 7 nitrogen and oxygen atoms in total. The van der Waals surface area contributed by atoms with Crippen molar-refractivity contribution in [3.63, 3.8) is 0 Å². The fraction of sp³-hybridized carbons (Fsp3) is 0.273. The van der Waals surface area contributed by atoms with Crippen molar-refractivity contribution >= 4 is 23.2 Å². The molecule has 2 aromatic heterocycles. The van der Waals surface area contributed by atoms with Crippen LogP contribution in [0.1, 0.15) is 15.5 Å². The molecule has 2 rings (SSSR count). The summed E-state index contributed by atoms with van der Waals surface area (Å²) in [5, 5.41) is 10.8. The van der Waals surface area contributed by atoms with Crippen molar-refractivity contribution in [2.45, 2.75) is 6.54 Å². The topological polar surface area (TPSA) is 91.0 Å². The van der Waals surface area contributed by atoms with Crippen LogP contribution in [0.25, 0.3) is 0 Å². The third-order valence-corrected chi connectivity index (χ3v) is 3.29. The number of H-pyrrole nitrogens is 1. The Balaban J connectivity index is 1.79. The SMILES string of the molecule is CN(Cc1ncn[nH]1)C(=O)CNC(=O)c1cccs1. The van der Waals surface area contributed by atoms with E-state index < -0.39 is 0 Å². The van der Waals surface area contributed by atoms with Gasteiger partial charge in [0, 0.05) is 7.05 Å². The first-order valence-corrected chi connectivity index (χ1v) is 6.44. The lowest BCUT2D eigenvalue weighted by atomic mass is 10.4. The van der Waals surface area contributed by atoms with Crippen molar-refractivity contribution in [3.05, 3.63) is 34.5 Å². The standard InChI is InChI=1S/C11H13N5O2S/c1-16(6-9-13-7-14-15-9)10(17)5-12-11(18)8-3-2-4-19-8/h2-4,7H,5-6H2,1H3,(H,12,18)(H,13,14,15). The Bertz CT molecular complexity index is 537. The Labute approximate surface area is 113 Å². The van der Waals surface area contributed by atoms with Crippen molar-refractivity contribution in [2.24, 2.45) is 0 Å². The summed E-state index contributed by atoms with van der Waals surface area (Å²) in [6.45, 7) is 0.287. The van der Waals surface area contributed by atoms with Crippen LogP contribution in [0.15, 0.2) is 23.8 Å². The molecule has 0 fully saturated rings. The van der Waals surface area contributed by atoms with Crippen LogP contribution in [-0.4, -0.2) is 45.5 Å². The van der Waals surface area contributed by atoms with E-state index in [0.29, 0.717) is 17.2 Å². The molecule has 0 saturated carbocycles. The van der Waals surface area contributed by atoms with Gasteiger partial charge >= 0.3 is 0 Å². The maximum absolute atomic E-state index is 11.8. The molecule has 0 aliphatic carbocycles. The highest BCUT2D eigenvalue weighted by atomic mass is 32.1. The molecular formula is C11H13N5O2S. The van der Waals surface area contributed by atoms with Crippen molar-refractivity contribution in [3.8, 4) is 0 Å². The highest BCUT2D eigenvalue weighted by Crippen LogP contribution is 2.07. The molecule has 2 heterocycles. The summed E-state index contributed by atoms with van der Waals surface area (Å²) >= 11 is 1.33. The number of nitrogens with zero attached hydrogens (tertiary/aromatic N) is 3. The first-order chi connectivity index (χ1) is 9.16. The van der Waals surface area contributed by atoms with E-state index in [1.54, 1.807) is 19.2 Å². The van der Waals surface area contributed by atoms with Crippen molar-refractivity contribution in [1.29, 1.82) is 0 Å². The highest BCUT2D eigenvalue weighted by Gasteiger charge is 2.13. The molecule has 2 N–H and O–H groups in total. The average Bonchev–Trinajstić information content (AvgIpc) is 3.07. The lowest BCUT2D eigenvalue weighted by molar-refractivity contribution is -0.129. The molecule has 0 aliphatic rings. The predicted molar refractivity (Wildman–Crippen MR) is 69.5 cm³/mol. The molecule has 0 aliphatic heterocycles. The summed E-state index contributed by atoms with van der Waals surface area (Å²) in [6, 6.07) is 3.50. The minimum absolute atomic E-state index is 0.0403. The highest BCUT2D eigenvalue weighted by molar-refractivity contribution is 7.12. The number of rotatable bonds is 5. The smallest absolute Gasteiger partial charge is 0.261 e. The monoisotopic (exact) mass is 279 g/mol. The van der Waals surface area contributed by atoms with Gasteiger partial charge in [-0.25, -0.2) is 4.98 Å². The van der Waals surface area contributed by atoms with Gasteiger partial charge < -0.3 is 10.2 Å². The third kappa shape index (κ3) is 3.62. The van der Waals surface area contributed by atoms with E-state index in [4.69, 9.17) is 0 Å². The van der Waals surface area contributed by atoms with Gasteiger partial charge in [0.15, 0.2) is 0 Å². The summed E-state index contributed by atoms with van der Waals surface area (Å²) in [4.78, 5) is 29.4. The van der Waals surface area contributed by atoms with E-state index in [1.807, 2.05) is 5.38 Å². The second-order valence-corrected chi connectivity index (χ2v) is 4.79. The number of amides is 2. The van der Waals surface area contributed by atoms with E-state index >= 15 is 0 Å². The van der Waals surface area contributed by atoms with Gasteiger partial charge in [0.2, 0.25) is 5.91 Å². The Morgan fingerprint density at radius 2 is 2.37 bits per heavy atom. The van der Waals surface area contributed by atoms with Crippen LogP contribution in [0, 0.1) is 0 Å². The molecule has 0 saturated heterocycles. The molecule has 2 amide bonds. The third-order valence-electron chi connectivity index (χ3n) is 2.42. The van der Waals surface area contributed by atoms with Gasteiger partial charge in [0.05, 0.1) is 18.0 Å². The van der Waals surface area contributed by atoms with Crippen LogP contribution in [-0.2, 0) is 11.3 Å². The molecule has 0 aromatic carbocycles.